The molecule has 3 rings (SSSR count). The van der Waals surface area contributed by atoms with E-state index >= 15 is 0 Å². The third-order valence-corrected chi connectivity index (χ3v) is 4.32. The first kappa shape index (κ1) is 17.0. The van der Waals surface area contributed by atoms with Crippen molar-refractivity contribution in [3.63, 3.8) is 0 Å². The Morgan fingerprint density at radius 1 is 1.28 bits per heavy atom. The van der Waals surface area contributed by atoms with Crippen molar-refractivity contribution in [2.75, 3.05) is 24.5 Å². The van der Waals surface area contributed by atoms with Crippen molar-refractivity contribution in [3.8, 4) is 0 Å². The van der Waals surface area contributed by atoms with Gasteiger partial charge in [0.2, 0.25) is 0 Å². The minimum absolute atomic E-state index is 0.123. The highest BCUT2D eigenvalue weighted by atomic mass is 16.1. The zero-order chi connectivity index (χ0) is 17.8. The number of likely N-dealkylation sites (N-methyl/N-ethyl adjacent to an activating group) is 1. The molecule has 2 aromatic heterocycles. The van der Waals surface area contributed by atoms with Crippen molar-refractivity contribution in [2.24, 2.45) is 0 Å². The maximum Gasteiger partial charge on any atom is 0.254 e. The molecule has 2 heterocycles. The number of hydrogen-bond donors (Lipinski definition) is 1. The van der Waals surface area contributed by atoms with E-state index < -0.39 is 0 Å². The Hall–Kier alpha value is -2.89. The molecule has 0 atom stereocenters. The van der Waals surface area contributed by atoms with E-state index in [2.05, 4.69) is 58.4 Å². The molecular weight excluding hydrogens is 314 g/mol. The number of nitrogens with zero attached hydrogens (tertiary/aromatic N) is 4. The Labute approximate surface area is 147 Å². The third-order valence-electron chi connectivity index (χ3n) is 4.32. The van der Waals surface area contributed by atoms with Crippen LogP contribution in [0, 0.1) is 13.8 Å². The topological polar surface area (TPSA) is 62.5 Å². The summed E-state index contributed by atoms with van der Waals surface area (Å²) in [6.07, 6.45) is 3.29. The molecule has 0 bridgehead atoms. The predicted octanol–water partition coefficient (Wildman–Crippen LogP) is 2.60. The first-order chi connectivity index (χ1) is 12.1. The molecule has 0 saturated carbocycles. The van der Waals surface area contributed by atoms with Crippen molar-refractivity contribution >= 4 is 17.2 Å². The molecule has 0 spiro atoms. The Balaban J connectivity index is 1.64. The molecule has 1 N–H and O–H groups in total. The number of benzene rings is 1. The van der Waals surface area contributed by atoms with Crippen LogP contribution in [0.25, 0.3) is 5.65 Å². The summed E-state index contributed by atoms with van der Waals surface area (Å²) in [6.45, 7) is 8.28. The van der Waals surface area contributed by atoms with Crippen LogP contribution in [0.2, 0.25) is 0 Å². The average Bonchev–Trinajstić information content (AvgIpc) is 3.08. The Kier molecular flexibility index (Phi) is 4.97. The van der Waals surface area contributed by atoms with E-state index in [1.54, 1.807) is 16.9 Å². The van der Waals surface area contributed by atoms with E-state index in [1.807, 2.05) is 13.0 Å². The smallest absolute Gasteiger partial charge is 0.254 e. The summed E-state index contributed by atoms with van der Waals surface area (Å²) in [5.74, 6) is -0.123. The number of amides is 1. The fraction of sp³-hybridized carbons (Fsp3) is 0.316. The number of nitrogens with one attached hydrogen (secondary N) is 1. The molecule has 0 aliphatic carbocycles. The third kappa shape index (κ3) is 3.63. The van der Waals surface area contributed by atoms with Crippen LogP contribution in [0.15, 0.2) is 42.7 Å². The quantitative estimate of drug-likeness (QED) is 0.751. The van der Waals surface area contributed by atoms with Gasteiger partial charge in [-0.3, -0.25) is 4.79 Å². The molecular formula is C19H23N5O. The maximum absolute atomic E-state index is 12.5. The van der Waals surface area contributed by atoms with Crippen LogP contribution in [-0.2, 0) is 0 Å². The van der Waals surface area contributed by atoms with Gasteiger partial charge in [-0.1, -0.05) is 12.1 Å². The molecule has 3 aromatic rings. The van der Waals surface area contributed by atoms with Gasteiger partial charge < -0.3 is 10.2 Å². The predicted molar refractivity (Wildman–Crippen MR) is 99.1 cm³/mol. The fourth-order valence-corrected chi connectivity index (χ4v) is 2.91. The Morgan fingerprint density at radius 3 is 2.88 bits per heavy atom. The number of hydrogen-bond acceptors (Lipinski definition) is 4. The van der Waals surface area contributed by atoms with Crippen LogP contribution in [-0.4, -0.2) is 40.1 Å². The van der Waals surface area contributed by atoms with Crippen LogP contribution in [0.5, 0.6) is 0 Å². The summed E-state index contributed by atoms with van der Waals surface area (Å²) in [4.78, 5) is 19.0. The van der Waals surface area contributed by atoms with Gasteiger partial charge in [0.1, 0.15) is 0 Å². The molecule has 130 valence electrons. The van der Waals surface area contributed by atoms with Gasteiger partial charge in [0, 0.05) is 37.6 Å². The lowest BCUT2D eigenvalue weighted by Gasteiger charge is -2.23. The zero-order valence-corrected chi connectivity index (χ0v) is 14.9. The SMILES string of the molecule is CCN(CCNC(=O)c1cnc2ccnn2c1C)c1cccc(C)c1. The molecule has 0 saturated heterocycles. The highest BCUT2D eigenvalue weighted by Crippen LogP contribution is 2.15. The summed E-state index contributed by atoms with van der Waals surface area (Å²) in [6, 6.07) is 10.2. The van der Waals surface area contributed by atoms with Crippen molar-refractivity contribution in [3.05, 3.63) is 59.5 Å². The van der Waals surface area contributed by atoms with E-state index in [0.717, 1.165) is 24.4 Å². The number of carbonyl (C=O) groups is 1. The minimum Gasteiger partial charge on any atom is -0.370 e. The van der Waals surface area contributed by atoms with Gasteiger partial charge >= 0.3 is 0 Å². The second-order valence-electron chi connectivity index (χ2n) is 6.03. The first-order valence-corrected chi connectivity index (χ1v) is 8.49. The van der Waals surface area contributed by atoms with E-state index in [0.29, 0.717) is 12.1 Å². The molecule has 0 radical (unpaired) electrons. The van der Waals surface area contributed by atoms with Gasteiger partial charge in [-0.15, -0.1) is 0 Å². The lowest BCUT2D eigenvalue weighted by atomic mass is 10.2. The second kappa shape index (κ2) is 7.34. The van der Waals surface area contributed by atoms with Crippen molar-refractivity contribution in [1.82, 2.24) is 19.9 Å². The minimum atomic E-state index is -0.123. The Morgan fingerprint density at radius 2 is 2.12 bits per heavy atom. The first-order valence-electron chi connectivity index (χ1n) is 8.49. The maximum atomic E-state index is 12.5. The number of aryl methyl sites for hydroxylation is 2. The van der Waals surface area contributed by atoms with Gasteiger partial charge in [0.05, 0.1) is 17.5 Å². The van der Waals surface area contributed by atoms with Gasteiger partial charge in [-0.25, -0.2) is 9.50 Å². The second-order valence-corrected chi connectivity index (χ2v) is 6.03. The van der Waals surface area contributed by atoms with E-state index in [1.165, 1.54) is 11.3 Å². The molecule has 1 amide bonds. The summed E-state index contributed by atoms with van der Waals surface area (Å²) >= 11 is 0. The molecule has 0 aliphatic heterocycles. The molecule has 0 aliphatic rings. The Bertz CT molecular complexity index is 886. The largest absolute Gasteiger partial charge is 0.370 e. The van der Waals surface area contributed by atoms with E-state index in [-0.39, 0.29) is 5.91 Å². The summed E-state index contributed by atoms with van der Waals surface area (Å²) < 4.78 is 1.68. The average molecular weight is 337 g/mol. The van der Waals surface area contributed by atoms with Crippen molar-refractivity contribution in [1.29, 1.82) is 0 Å². The van der Waals surface area contributed by atoms with Crippen LogP contribution < -0.4 is 10.2 Å². The van der Waals surface area contributed by atoms with Crippen molar-refractivity contribution < 1.29 is 4.79 Å². The highest BCUT2D eigenvalue weighted by Gasteiger charge is 2.13. The van der Waals surface area contributed by atoms with Crippen LogP contribution >= 0.6 is 0 Å². The standard InChI is InChI=1S/C19H23N5O/c1-4-23(16-7-5-6-14(2)12-16)11-10-20-19(25)17-13-21-18-8-9-22-24(18)15(17)3/h5-9,12-13H,4,10-11H2,1-3H3,(H,20,25). The molecule has 6 heteroatoms. The normalized spacial score (nSPS) is 10.8. The highest BCUT2D eigenvalue weighted by molar-refractivity contribution is 5.95. The van der Waals surface area contributed by atoms with Gasteiger partial charge in [0.15, 0.2) is 5.65 Å². The number of carbonyl (C=O) groups excluding carboxylic acids is 1. The summed E-state index contributed by atoms with van der Waals surface area (Å²) in [7, 11) is 0. The van der Waals surface area contributed by atoms with Crippen molar-refractivity contribution in [2.45, 2.75) is 20.8 Å². The molecule has 0 unspecified atom stereocenters. The van der Waals surface area contributed by atoms with Crippen LogP contribution in [0.3, 0.4) is 0 Å². The van der Waals surface area contributed by atoms with Crippen LogP contribution in [0.4, 0.5) is 5.69 Å². The summed E-state index contributed by atoms with van der Waals surface area (Å²) in [5.41, 5.74) is 4.49. The van der Waals surface area contributed by atoms with Gasteiger partial charge in [-0.05, 0) is 38.5 Å². The summed E-state index contributed by atoms with van der Waals surface area (Å²) in [5, 5.41) is 7.18. The monoisotopic (exact) mass is 337 g/mol. The molecule has 6 nitrogen and oxygen atoms in total. The van der Waals surface area contributed by atoms with E-state index in [9.17, 15) is 4.79 Å². The van der Waals surface area contributed by atoms with Crippen LogP contribution in [0.1, 0.15) is 28.5 Å². The van der Waals surface area contributed by atoms with E-state index in [4.69, 9.17) is 0 Å². The number of aromatic nitrogens is 3. The van der Waals surface area contributed by atoms with Gasteiger partial charge in [0.25, 0.3) is 5.91 Å². The lowest BCUT2D eigenvalue weighted by molar-refractivity contribution is 0.0953. The molecule has 1 aromatic carbocycles. The lowest BCUT2D eigenvalue weighted by Crippen LogP contribution is -2.35. The molecule has 25 heavy (non-hydrogen) atoms. The fourth-order valence-electron chi connectivity index (χ4n) is 2.91. The van der Waals surface area contributed by atoms with Gasteiger partial charge in [-0.2, -0.15) is 5.10 Å². The zero-order valence-electron chi connectivity index (χ0n) is 14.9. The number of rotatable bonds is 6. The molecule has 0 fully saturated rings. The number of fused-ring (bicyclic) bond motifs is 1. The number of anilines is 1.